The molecule has 0 bridgehead atoms. The van der Waals surface area contributed by atoms with E-state index in [2.05, 4.69) is 4.98 Å². The van der Waals surface area contributed by atoms with Crippen LogP contribution < -0.4 is 4.74 Å². The zero-order chi connectivity index (χ0) is 13.3. The van der Waals surface area contributed by atoms with Gasteiger partial charge >= 0.3 is 0 Å². The van der Waals surface area contributed by atoms with Crippen molar-refractivity contribution in [3.63, 3.8) is 0 Å². The Morgan fingerprint density at radius 3 is 2.61 bits per heavy atom. The standard InChI is InChI=1S/C11H9Cl2NO3S/c1-2-17-8-4-5-9(18(13,15)16)7-3-6-10(12)14-11(7)8/h3-6H,2H2,1H3. The van der Waals surface area contributed by atoms with E-state index in [0.29, 0.717) is 23.3 Å². The van der Waals surface area contributed by atoms with Crippen LogP contribution in [0.25, 0.3) is 10.9 Å². The van der Waals surface area contributed by atoms with Crippen LogP contribution in [-0.4, -0.2) is 20.0 Å². The van der Waals surface area contributed by atoms with Crippen molar-refractivity contribution in [2.45, 2.75) is 11.8 Å². The Kier molecular flexibility index (Phi) is 3.66. The van der Waals surface area contributed by atoms with Gasteiger partial charge in [-0.05, 0) is 31.2 Å². The predicted molar refractivity (Wildman–Crippen MR) is 71.0 cm³/mol. The Hall–Kier alpha value is -1.04. The van der Waals surface area contributed by atoms with Gasteiger partial charge in [0, 0.05) is 16.1 Å². The van der Waals surface area contributed by atoms with Gasteiger partial charge in [-0.25, -0.2) is 13.4 Å². The maximum Gasteiger partial charge on any atom is 0.261 e. The molecule has 0 saturated heterocycles. The quantitative estimate of drug-likeness (QED) is 0.645. The van der Waals surface area contributed by atoms with Crippen molar-refractivity contribution in [1.82, 2.24) is 4.98 Å². The number of fused-ring (bicyclic) bond motifs is 1. The van der Waals surface area contributed by atoms with Crippen LogP contribution in [0.3, 0.4) is 0 Å². The average molecular weight is 306 g/mol. The number of hydrogen-bond donors (Lipinski definition) is 0. The summed E-state index contributed by atoms with van der Waals surface area (Å²) in [5, 5.41) is 0.646. The SMILES string of the molecule is CCOc1ccc(S(=O)(=O)Cl)c2ccc(Cl)nc12. The van der Waals surface area contributed by atoms with Crippen molar-refractivity contribution in [1.29, 1.82) is 0 Å². The second-order valence-corrected chi connectivity index (χ2v) is 6.38. The molecule has 7 heteroatoms. The molecule has 0 atom stereocenters. The molecule has 0 radical (unpaired) electrons. The highest BCUT2D eigenvalue weighted by Gasteiger charge is 2.17. The lowest BCUT2D eigenvalue weighted by molar-refractivity contribution is 0.343. The largest absolute Gasteiger partial charge is 0.492 e. The van der Waals surface area contributed by atoms with E-state index in [1.165, 1.54) is 18.2 Å². The zero-order valence-electron chi connectivity index (χ0n) is 9.35. The molecule has 0 unspecified atom stereocenters. The van der Waals surface area contributed by atoms with Gasteiger partial charge in [-0.15, -0.1) is 0 Å². The van der Waals surface area contributed by atoms with E-state index in [1.54, 1.807) is 6.07 Å². The normalized spacial score (nSPS) is 11.7. The molecule has 0 aliphatic carbocycles. The van der Waals surface area contributed by atoms with Crippen molar-refractivity contribution in [2.75, 3.05) is 6.61 Å². The van der Waals surface area contributed by atoms with Crippen LogP contribution in [-0.2, 0) is 9.05 Å². The fraction of sp³-hybridized carbons (Fsp3) is 0.182. The summed E-state index contributed by atoms with van der Waals surface area (Å²) in [6, 6.07) is 5.98. The molecule has 1 heterocycles. The summed E-state index contributed by atoms with van der Waals surface area (Å²) in [7, 11) is 1.54. The van der Waals surface area contributed by atoms with Crippen LogP contribution >= 0.6 is 22.3 Å². The Balaban J connectivity index is 2.84. The third-order valence-electron chi connectivity index (χ3n) is 2.31. The first-order valence-corrected chi connectivity index (χ1v) is 7.79. The fourth-order valence-electron chi connectivity index (χ4n) is 1.63. The van der Waals surface area contributed by atoms with Gasteiger partial charge in [-0.1, -0.05) is 11.6 Å². The first-order valence-electron chi connectivity index (χ1n) is 5.10. The smallest absolute Gasteiger partial charge is 0.261 e. The Morgan fingerprint density at radius 2 is 2.00 bits per heavy atom. The maximum atomic E-state index is 11.5. The van der Waals surface area contributed by atoms with Gasteiger partial charge in [0.25, 0.3) is 9.05 Å². The molecule has 1 aromatic carbocycles. The molecule has 0 fully saturated rings. The molecular weight excluding hydrogens is 297 g/mol. The number of benzene rings is 1. The highest BCUT2D eigenvalue weighted by Crippen LogP contribution is 2.32. The van der Waals surface area contributed by atoms with Gasteiger partial charge < -0.3 is 4.74 Å². The third-order valence-corrected chi connectivity index (χ3v) is 3.90. The molecule has 0 aliphatic heterocycles. The zero-order valence-corrected chi connectivity index (χ0v) is 11.7. The number of hydrogen-bond acceptors (Lipinski definition) is 4. The van der Waals surface area contributed by atoms with E-state index in [4.69, 9.17) is 27.0 Å². The molecule has 1 aromatic heterocycles. The third kappa shape index (κ3) is 2.53. The van der Waals surface area contributed by atoms with Crippen LogP contribution in [0.1, 0.15) is 6.92 Å². The van der Waals surface area contributed by atoms with E-state index in [9.17, 15) is 8.42 Å². The first kappa shape index (κ1) is 13.4. The van der Waals surface area contributed by atoms with Crippen molar-refractivity contribution < 1.29 is 13.2 Å². The Bertz CT molecular complexity index is 701. The minimum atomic E-state index is -3.84. The molecule has 0 N–H and O–H groups in total. The molecule has 0 amide bonds. The highest BCUT2D eigenvalue weighted by molar-refractivity contribution is 8.14. The highest BCUT2D eigenvalue weighted by atomic mass is 35.7. The van der Waals surface area contributed by atoms with Gasteiger partial charge in [0.05, 0.1) is 11.5 Å². The van der Waals surface area contributed by atoms with E-state index < -0.39 is 9.05 Å². The van der Waals surface area contributed by atoms with Crippen LogP contribution in [0.2, 0.25) is 5.15 Å². The number of nitrogens with zero attached hydrogens (tertiary/aromatic N) is 1. The van der Waals surface area contributed by atoms with E-state index in [1.807, 2.05) is 6.92 Å². The minimum absolute atomic E-state index is 0.00761. The minimum Gasteiger partial charge on any atom is -0.492 e. The summed E-state index contributed by atoms with van der Waals surface area (Å²) in [5.74, 6) is 0.471. The number of ether oxygens (including phenoxy) is 1. The van der Waals surface area contributed by atoms with Gasteiger partial charge in [0.2, 0.25) is 0 Å². The average Bonchev–Trinajstić information content (AvgIpc) is 2.28. The van der Waals surface area contributed by atoms with Gasteiger partial charge in [0.1, 0.15) is 16.4 Å². The van der Waals surface area contributed by atoms with Crippen molar-refractivity contribution >= 4 is 42.2 Å². The van der Waals surface area contributed by atoms with Gasteiger partial charge in [0.15, 0.2) is 0 Å². The molecule has 2 rings (SSSR count). The Morgan fingerprint density at radius 1 is 1.28 bits per heavy atom. The molecule has 2 aromatic rings. The molecule has 96 valence electrons. The second-order valence-electron chi connectivity index (χ2n) is 3.46. The fourth-order valence-corrected chi connectivity index (χ4v) is 2.84. The maximum absolute atomic E-state index is 11.5. The van der Waals surface area contributed by atoms with Crippen LogP contribution in [0, 0.1) is 0 Å². The molecule has 0 spiro atoms. The number of pyridine rings is 1. The van der Waals surface area contributed by atoms with Crippen LogP contribution in [0.5, 0.6) is 5.75 Å². The summed E-state index contributed by atoms with van der Waals surface area (Å²) in [5.41, 5.74) is 0.381. The van der Waals surface area contributed by atoms with E-state index >= 15 is 0 Å². The molecule has 0 aliphatic rings. The lowest BCUT2D eigenvalue weighted by Crippen LogP contribution is -1.98. The van der Waals surface area contributed by atoms with Crippen molar-refractivity contribution in [2.24, 2.45) is 0 Å². The lowest BCUT2D eigenvalue weighted by atomic mass is 10.2. The number of rotatable bonds is 3. The summed E-state index contributed by atoms with van der Waals surface area (Å²) < 4.78 is 28.3. The summed E-state index contributed by atoms with van der Waals surface area (Å²) in [6.07, 6.45) is 0. The lowest BCUT2D eigenvalue weighted by Gasteiger charge is -2.09. The van der Waals surface area contributed by atoms with Gasteiger partial charge in [-0.2, -0.15) is 0 Å². The first-order chi connectivity index (χ1) is 8.43. The topological polar surface area (TPSA) is 56.3 Å². The summed E-state index contributed by atoms with van der Waals surface area (Å²) in [4.78, 5) is 4.08. The molecular formula is C11H9Cl2NO3S. The summed E-state index contributed by atoms with van der Waals surface area (Å²) >= 11 is 5.81. The second kappa shape index (κ2) is 4.91. The van der Waals surface area contributed by atoms with E-state index in [0.717, 1.165) is 0 Å². The predicted octanol–water partition coefficient (Wildman–Crippen LogP) is 3.21. The van der Waals surface area contributed by atoms with Crippen molar-refractivity contribution in [3.05, 3.63) is 29.4 Å². The van der Waals surface area contributed by atoms with Gasteiger partial charge in [-0.3, -0.25) is 0 Å². The van der Waals surface area contributed by atoms with E-state index in [-0.39, 0.29) is 10.0 Å². The monoisotopic (exact) mass is 305 g/mol. The number of halogens is 2. The Labute approximate surface area is 114 Å². The molecule has 18 heavy (non-hydrogen) atoms. The van der Waals surface area contributed by atoms with Crippen LogP contribution in [0.4, 0.5) is 0 Å². The van der Waals surface area contributed by atoms with Crippen LogP contribution in [0.15, 0.2) is 29.2 Å². The van der Waals surface area contributed by atoms with Crippen molar-refractivity contribution in [3.8, 4) is 5.75 Å². The summed E-state index contributed by atoms with van der Waals surface area (Å²) in [6.45, 7) is 2.26. The molecule has 4 nitrogen and oxygen atoms in total. The molecule has 0 saturated carbocycles. The number of aromatic nitrogens is 1.